The number of carbonyl (C=O) groups excluding carboxylic acids is 1. The van der Waals surface area contributed by atoms with Gasteiger partial charge in [0, 0.05) is 13.1 Å². The van der Waals surface area contributed by atoms with Crippen LogP contribution in [-0.2, 0) is 6.54 Å². The van der Waals surface area contributed by atoms with Crippen LogP contribution in [0.2, 0.25) is 0 Å². The van der Waals surface area contributed by atoms with E-state index < -0.39 is 0 Å². The Balaban J connectivity index is 2.67. The largest absolute Gasteiger partial charge is 0.396 e. The first-order valence-electron chi connectivity index (χ1n) is 6.06. The van der Waals surface area contributed by atoms with Crippen LogP contribution in [0, 0.1) is 11.8 Å². The highest BCUT2D eigenvalue weighted by Crippen LogP contribution is 2.12. The Morgan fingerprint density at radius 1 is 1.53 bits per heavy atom. The van der Waals surface area contributed by atoms with Crippen LogP contribution in [0.5, 0.6) is 0 Å². The maximum absolute atomic E-state index is 12.0. The van der Waals surface area contributed by atoms with Crippen molar-refractivity contribution in [2.45, 2.75) is 34.2 Å². The van der Waals surface area contributed by atoms with Gasteiger partial charge >= 0.3 is 0 Å². The molecule has 1 unspecified atom stereocenters. The highest BCUT2D eigenvalue weighted by atomic mass is 16.2. The monoisotopic (exact) mass is 238 g/mol. The lowest BCUT2D eigenvalue weighted by atomic mass is 9.98. The van der Waals surface area contributed by atoms with Crippen LogP contribution < -0.4 is 11.1 Å². The summed E-state index contributed by atoms with van der Waals surface area (Å²) < 4.78 is 1.62. The van der Waals surface area contributed by atoms with Crippen molar-refractivity contribution in [3.05, 3.63) is 11.9 Å². The van der Waals surface area contributed by atoms with Gasteiger partial charge in [-0.05, 0) is 18.8 Å². The van der Waals surface area contributed by atoms with E-state index in [1.165, 1.54) is 6.20 Å². The predicted octanol–water partition coefficient (Wildman–Crippen LogP) is 1.51. The van der Waals surface area contributed by atoms with Gasteiger partial charge < -0.3 is 11.1 Å². The van der Waals surface area contributed by atoms with Crippen molar-refractivity contribution < 1.29 is 4.79 Å². The first kappa shape index (κ1) is 13.5. The molecule has 0 aliphatic heterocycles. The van der Waals surface area contributed by atoms with Gasteiger partial charge in [-0.1, -0.05) is 20.8 Å². The molecule has 0 saturated carbocycles. The fourth-order valence-electron chi connectivity index (χ4n) is 1.46. The molecule has 0 aromatic carbocycles. The Bertz CT molecular complexity index is 384. The second kappa shape index (κ2) is 5.70. The molecular formula is C12H22N4O. The van der Waals surface area contributed by atoms with Crippen molar-refractivity contribution in [3.63, 3.8) is 0 Å². The van der Waals surface area contributed by atoms with Gasteiger partial charge in [0.15, 0.2) is 0 Å². The van der Waals surface area contributed by atoms with Gasteiger partial charge in [-0.2, -0.15) is 5.10 Å². The van der Waals surface area contributed by atoms with E-state index in [1.807, 2.05) is 6.92 Å². The van der Waals surface area contributed by atoms with Gasteiger partial charge in [-0.15, -0.1) is 0 Å². The summed E-state index contributed by atoms with van der Waals surface area (Å²) in [6, 6.07) is 0. The molecule has 1 atom stereocenters. The number of nitrogens with two attached hydrogens (primary N) is 1. The van der Waals surface area contributed by atoms with E-state index in [0.717, 1.165) is 0 Å². The third kappa shape index (κ3) is 3.22. The van der Waals surface area contributed by atoms with E-state index in [0.29, 0.717) is 36.3 Å². The number of nitrogen functional groups attached to an aromatic ring is 1. The van der Waals surface area contributed by atoms with Crippen molar-refractivity contribution in [2.24, 2.45) is 11.8 Å². The number of hydrogen-bond acceptors (Lipinski definition) is 3. The molecule has 0 aliphatic carbocycles. The van der Waals surface area contributed by atoms with Crippen molar-refractivity contribution in [1.29, 1.82) is 0 Å². The minimum atomic E-state index is -0.144. The molecule has 3 N–H and O–H groups in total. The SMILES string of the molecule is CCn1ncc(N)c1C(=O)NCC(C)C(C)C. The van der Waals surface area contributed by atoms with Crippen LogP contribution in [0.1, 0.15) is 38.2 Å². The molecule has 0 radical (unpaired) electrons. The molecule has 5 nitrogen and oxygen atoms in total. The summed E-state index contributed by atoms with van der Waals surface area (Å²) in [5.74, 6) is 0.844. The Hall–Kier alpha value is -1.52. The Morgan fingerprint density at radius 3 is 2.71 bits per heavy atom. The topological polar surface area (TPSA) is 72.9 Å². The van der Waals surface area contributed by atoms with E-state index in [1.54, 1.807) is 4.68 Å². The molecule has 0 saturated heterocycles. The fourth-order valence-corrected chi connectivity index (χ4v) is 1.46. The lowest BCUT2D eigenvalue weighted by Crippen LogP contribution is -2.32. The first-order chi connectivity index (χ1) is 7.97. The highest BCUT2D eigenvalue weighted by Gasteiger charge is 2.17. The Kier molecular flexibility index (Phi) is 4.54. The van der Waals surface area contributed by atoms with Gasteiger partial charge in [0.1, 0.15) is 5.69 Å². The van der Waals surface area contributed by atoms with Gasteiger partial charge in [0.05, 0.1) is 11.9 Å². The molecule has 1 rings (SSSR count). The van der Waals surface area contributed by atoms with Crippen LogP contribution in [0.15, 0.2) is 6.20 Å². The minimum absolute atomic E-state index is 0.144. The Morgan fingerprint density at radius 2 is 2.18 bits per heavy atom. The average molecular weight is 238 g/mol. The molecule has 96 valence electrons. The first-order valence-corrected chi connectivity index (χ1v) is 6.06. The number of amides is 1. The molecule has 0 spiro atoms. The minimum Gasteiger partial charge on any atom is -0.396 e. The summed E-state index contributed by atoms with van der Waals surface area (Å²) in [5, 5.41) is 6.95. The fraction of sp³-hybridized carbons (Fsp3) is 0.667. The number of hydrogen-bond donors (Lipinski definition) is 2. The summed E-state index contributed by atoms with van der Waals surface area (Å²) in [5.41, 5.74) is 6.63. The van der Waals surface area contributed by atoms with E-state index in [-0.39, 0.29) is 5.91 Å². The predicted molar refractivity (Wildman–Crippen MR) is 68.6 cm³/mol. The highest BCUT2D eigenvalue weighted by molar-refractivity contribution is 5.97. The van der Waals surface area contributed by atoms with Crippen molar-refractivity contribution in [1.82, 2.24) is 15.1 Å². The molecule has 5 heteroatoms. The molecule has 0 bridgehead atoms. The van der Waals surface area contributed by atoms with Gasteiger partial charge in [-0.3, -0.25) is 9.48 Å². The van der Waals surface area contributed by atoms with Crippen LogP contribution >= 0.6 is 0 Å². The lowest BCUT2D eigenvalue weighted by Gasteiger charge is -2.16. The second-order valence-corrected chi connectivity index (χ2v) is 4.70. The molecule has 1 heterocycles. The van der Waals surface area contributed by atoms with Crippen molar-refractivity contribution >= 4 is 11.6 Å². The third-order valence-electron chi connectivity index (χ3n) is 3.11. The molecule has 0 aliphatic rings. The van der Waals surface area contributed by atoms with Gasteiger partial charge in [-0.25, -0.2) is 0 Å². The zero-order valence-electron chi connectivity index (χ0n) is 11.0. The van der Waals surface area contributed by atoms with Crippen molar-refractivity contribution in [2.75, 3.05) is 12.3 Å². The molecule has 1 aromatic rings. The number of anilines is 1. The summed E-state index contributed by atoms with van der Waals surface area (Å²) in [7, 11) is 0. The maximum Gasteiger partial charge on any atom is 0.271 e. The van der Waals surface area contributed by atoms with Crippen LogP contribution in [0.3, 0.4) is 0 Å². The van der Waals surface area contributed by atoms with E-state index in [9.17, 15) is 4.79 Å². The quantitative estimate of drug-likeness (QED) is 0.816. The third-order valence-corrected chi connectivity index (χ3v) is 3.11. The zero-order chi connectivity index (χ0) is 13.0. The zero-order valence-corrected chi connectivity index (χ0v) is 11.0. The number of aryl methyl sites for hydroxylation is 1. The van der Waals surface area contributed by atoms with Crippen LogP contribution in [0.25, 0.3) is 0 Å². The summed E-state index contributed by atoms with van der Waals surface area (Å²) in [6.07, 6.45) is 1.52. The van der Waals surface area contributed by atoms with Gasteiger partial charge in [0.25, 0.3) is 5.91 Å². The lowest BCUT2D eigenvalue weighted by molar-refractivity contribution is 0.0935. The van der Waals surface area contributed by atoms with Crippen LogP contribution in [-0.4, -0.2) is 22.2 Å². The molecular weight excluding hydrogens is 216 g/mol. The number of aromatic nitrogens is 2. The molecule has 0 fully saturated rings. The van der Waals surface area contributed by atoms with Crippen LogP contribution in [0.4, 0.5) is 5.69 Å². The Labute approximate surface area is 102 Å². The molecule has 1 aromatic heterocycles. The smallest absolute Gasteiger partial charge is 0.271 e. The maximum atomic E-state index is 12.0. The van der Waals surface area contributed by atoms with Gasteiger partial charge in [0.2, 0.25) is 0 Å². The number of rotatable bonds is 5. The van der Waals surface area contributed by atoms with E-state index in [4.69, 9.17) is 5.73 Å². The molecule has 1 amide bonds. The second-order valence-electron chi connectivity index (χ2n) is 4.70. The molecule has 17 heavy (non-hydrogen) atoms. The normalized spacial score (nSPS) is 12.8. The average Bonchev–Trinajstić information content (AvgIpc) is 2.66. The number of carbonyl (C=O) groups is 1. The van der Waals surface area contributed by atoms with E-state index >= 15 is 0 Å². The number of nitrogens with zero attached hydrogens (tertiary/aromatic N) is 2. The summed E-state index contributed by atoms with van der Waals surface area (Å²) in [6.45, 7) is 9.62. The number of nitrogens with one attached hydrogen (secondary N) is 1. The van der Waals surface area contributed by atoms with E-state index in [2.05, 4.69) is 31.2 Å². The summed E-state index contributed by atoms with van der Waals surface area (Å²) in [4.78, 5) is 12.0. The van der Waals surface area contributed by atoms with Crippen molar-refractivity contribution in [3.8, 4) is 0 Å². The standard InChI is InChI=1S/C12H22N4O/c1-5-16-11(10(13)7-15-16)12(17)14-6-9(4)8(2)3/h7-9H,5-6,13H2,1-4H3,(H,14,17). The summed E-state index contributed by atoms with van der Waals surface area (Å²) >= 11 is 0.